The molecule has 0 aliphatic rings. The first-order valence-corrected chi connectivity index (χ1v) is 15.3. The molecule has 0 bridgehead atoms. The zero-order chi connectivity index (χ0) is 32.0. The van der Waals surface area contributed by atoms with Gasteiger partial charge in [0, 0.05) is 30.4 Å². The van der Waals surface area contributed by atoms with E-state index < -0.39 is 0 Å². The fourth-order valence-corrected chi connectivity index (χ4v) is 5.14. The number of likely N-dealkylation sites (N-methyl/N-ethyl adjacent to an activating group) is 2. The van der Waals surface area contributed by atoms with Gasteiger partial charge in [0.25, 0.3) is 5.56 Å². The maximum Gasteiger partial charge on any atom is 0.262 e. The van der Waals surface area contributed by atoms with E-state index in [1.54, 1.807) is 4.57 Å². The van der Waals surface area contributed by atoms with E-state index in [0.717, 1.165) is 51.1 Å². The number of fused-ring (bicyclic) bond motifs is 2. The largest absolute Gasteiger partial charge is 0.492 e. The summed E-state index contributed by atoms with van der Waals surface area (Å²) < 4.78 is 13.8. The van der Waals surface area contributed by atoms with Crippen molar-refractivity contribution >= 4 is 21.8 Å². The average Bonchev–Trinajstić information content (AvgIpc) is 3.51. The van der Waals surface area contributed by atoms with Gasteiger partial charge in [-0.25, -0.2) is 4.98 Å². The van der Waals surface area contributed by atoms with Crippen molar-refractivity contribution in [3.63, 3.8) is 0 Å². The van der Waals surface area contributed by atoms with Gasteiger partial charge in [-0.15, -0.1) is 10.2 Å². The lowest BCUT2D eigenvalue weighted by molar-refractivity contribution is 0.261. The molecule has 0 spiro atoms. The lowest BCUT2D eigenvalue weighted by Gasteiger charge is -2.16. The Kier molecular flexibility index (Phi) is 9.32. The molecule has 0 aliphatic heterocycles. The molecule has 11 nitrogen and oxygen atoms in total. The number of aromatic nitrogens is 6. The maximum absolute atomic E-state index is 13.8. The van der Waals surface area contributed by atoms with Crippen LogP contribution in [0.2, 0.25) is 0 Å². The first kappa shape index (κ1) is 30.9. The highest BCUT2D eigenvalue weighted by Crippen LogP contribution is 2.24. The number of tetrazole rings is 1. The van der Waals surface area contributed by atoms with Crippen LogP contribution >= 0.6 is 0 Å². The van der Waals surface area contributed by atoms with Crippen molar-refractivity contribution in [2.75, 3.05) is 47.9 Å². The van der Waals surface area contributed by atoms with E-state index in [1.807, 2.05) is 112 Å². The van der Waals surface area contributed by atoms with Gasteiger partial charge in [-0.1, -0.05) is 36.4 Å². The molecule has 0 saturated carbocycles. The third kappa shape index (κ3) is 7.39. The topological polar surface area (TPSA) is 103 Å². The molecule has 0 fully saturated rings. The van der Waals surface area contributed by atoms with E-state index in [1.165, 1.54) is 4.80 Å². The Morgan fingerprint density at radius 1 is 0.783 bits per heavy atom. The monoisotopic (exact) mass is 618 g/mol. The average molecular weight is 619 g/mol. The van der Waals surface area contributed by atoms with Crippen molar-refractivity contribution in [2.24, 2.45) is 0 Å². The fraction of sp³-hybridized carbons (Fsp3) is 0.286. The van der Waals surface area contributed by atoms with Crippen molar-refractivity contribution in [1.82, 2.24) is 39.6 Å². The second kappa shape index (κ2) is 13.9. The first-order valence-electron chi connectivity index (χ1n) is 15.3. The van der Waals surface area contributed by atoms with Crippen LogP contribution in [-0.2, 0) is 19.7 Å². The minimum absolute atomic E-state index is 0.159. The van der Waals surface area contributed by atoms with Crippen LogP contribution in [0.15, 0.2) is 89.7 Å². The number of pyridine rings is 2. The molecular formula is C35H38N8O3. The van der Waals surface area contributed by atoms with Gasteiger partial charge >= 0.3 is 0 Å². The molecule has 236 valence electrons. The molecule has 0 N–H and O–H groups in total. The normalized spacial score (nSPS) is 11.6. The molecule has 0 saturated heterocycles. The van der Waals surface area contributed by atoms with Crippen LogP contribution in [0.3, 0.4) is 0 Å². The molecule has 0 amide bonds. The minimum atomic E-state index is -0.159. The van der Waals surface area contributed by atoms with Crippen LogP contribution in [0, 0.1) is 0 Å². The standard InChI is InChI=1S/C35H38N8O3/c1-40(2)16-17-42-33-15-14-30(45-19-18-41(3)4)21-27(33)22-31(35(42)44)34-37-39-43(38-34)23-25-8-7-10-29(20-25)46-24-28-13-12-26-9-5-6-11-32(26)36-28/h5-15,20-22H,16-19,23-24H2,1-4H3. The second-order valence-electron chi connectivity index (χ2n) is 11.8. The summed E-state index contributed by atoms with van der Waals surface area (Å²) >= 11 is 0. The third-order valence-electron chi connectivity index (χ3n) is 7.60. The number of benzene rings is 3. The Bertz CT molecular complexity index is 2020. The van der Waals surface area contributed by atoms with Crippen LogP contribution in [0.5, 0.6) is 11.5 Å². The predicted molar refractivity (Wildman–Crippen MR) is 179 cm³/mol. The van der Waals surface area contributed by atoms with E-state index >= 15 is 0 Å². The van der Waals surface area contributed by atoms with Gasteiger partial charge < -0.3 is 23.8 Å². The molecule has 46 heavy (non-hydrogen) atoms. The molecule has 6 aromatic rings. The van der Waals surface area contributed by atoms with Gasteiger partial charge in [0.2, 0.25) is 5.82 Å². The fourth-order valence-electron chi connectivity index (χ4n) is 5.14. The first-order chi connectivity index (χ1) is 22.3. The number of ether oxygens (including phenoxy) is 2. The van der Waals surface area contributed by atoms with Gasteiger partial charge in [0.05, 0.1) is 28.8 Å². The van der Waals surface area contributed by atoms with Crippen molar-refractivity contribution < 1.29 is 9.47 Å². The highest BCUT2D eigenvalue weighted by Gasteiger charge is 2.17. The van der Waals surface area contributed by atoms with Crippen LogP contribution in [0.4, 0.5) is 0 Å². The molecule has 11 heteroatoms. The highest BCUT2D eigenvalue weighted by molar-refractivity contribution is 5.84. The number of nitrogens with zero attached hydrogens (tertiary/aromatic N) is 8. The highest BCUT2D eigenvalue weighted by atomic mass is 16.5. The van der Waals surface area contributed by atoms with Crippen LogP contribution in [0.25, 0.3) is 33.2 Å². The Morgan fingerprint density at radius 3 is 2.46 bits per heavy atom. The lowest BCUT2D eigenvalue weighted by atomic mass is 10.1. The van der Waals surface area contributed by atoms with Crippen molar-refractivity contribution in [1.29, 1.82) is 0 Å². The Hall–Kier alpha value is -5.13. The van der Waals surface area contributed by atoms with E-state index in [9.17, 15) is 4.79 Å². The lowest BCUT2D eigenvalue weighted by Crippen LogP contribution is -2.28. The molecule has 6 rings (SSSR count). The zero-order valence-electron chi connectivity index (χ0n) is 26.6. The summed E-state index contributed by atoms with van der Waals surface area (Å²) in [7, 11) is 7.99. The summed E-state index contributed by atoms with van der Waals surface area (Å²) in [5.74, 6) is 1.74. The smallest absolute Gasteiger partial charge is 0.262 e. The minimum Gasteiger partial charge on any atom is -0.492 e. The summed E-state index contributed by atoms with van der Waals surface area (Å²) in [5, 5.41) is 15.1. The molecule has 0 unspecified atom stereocenters. The Labute approximate surface area is 267 Å². The van der Waals surface area contributed by atoms with Crippen LogP contribution in [-0.4, -0.2) is 87.4 Å². The number of hydrogen-bond acceptors (Lipinski definition) is 9. The predicted octanol–water partition coefficient (Wildman–Crippen LogP) is 4.33. The van der Waals surface area contributed by atoms with Gasteiger partial charge in [-0.05, 0) is 87.5 Å². The Morgan fingerprint density at radius 2 is 1.61 bits per heavy atom. The number of hydrogen-bond donors (Lipinski definition) is 0. The van der Waals surface area contributed by atoms with Crippen molar-refractivity contribution in [3.05, 3.63) is 107 Å². The van der Waals surface area contributed by atoms with Gasteiger partial charge in [-0.3, -0.25) is 4.79 Å². The third-order valence-corrected chi connectivity index (χ3v) is 7.60. The molecule has 0 radical (unpaired) electrons. The number of para-hydroxylation sites is 1. The molecule has 0 aliphatic carbocycles. The zero-order valence-corrected chi connectivity index (χ0v) is 26.6. The van der Waals surface area contributed by atoms with E-state index in [0.29, 0.717) is 38.4 Å². The second-order valence-corrected chi connectivity index (χ2v) is 11.8. The van der Waals surface area contributed by atoms with Gasteiger partial charge in [0.1, 0.15) is 24.7 Å². The summed E-state index contributed by atoms with van der Waals surface area (Å²) in [5.41, 5.74) is 3.80. The molecule has 3 heterocycles. The molecule has 0 atom stereocenters. The summed E-state index contributed by atoms with van der Waals surface area (Å²) in [6.07, 6.45) is 0. The number of rotatable bonds is 13. The molecule has 3 aromatic heterocycles. The Balaban J connectivity index is 1.21. The van der Waals surface area contributed by atoms with Crippen LogP contribution in [0.1, 0.15) is 11.3 Å². The maximum atomic E-state index is 13.8. The van der Waals surface area contributed by atoms with Crippen LogP contribution < -0.4 is 15.0 Å². The van der Waals surface area contributed by atoms with E-state index in [-0.39, 0.29) is 11.4 Å². The van der Waals surface area contributed by atoms with Crippen molar-refractivity contribution in [2.45, 2.75) is 19.7 Å². The summed E-state index contributed by atoms with van der Waals surface area (Å²) in [6.45, 7) is 3.31. The van der Waals surface area contributed by atoms with E-state index in [2.05, 4.69) is 26.4 Å². The molecular weight excluding hydrogens is 580 g/mol. The quantitative estimate of drug-likeness (QED) is 0.187. The summed E-state index contributed by atoms with van der Waals surface area (Å²) in [6, 6.07) is 27.5. The van der Waals surface area contributed by atoms with E-state index in [4.69, 9.17) is 14.5 Å². The molecule has 3 aromatic carbocycles. The summed E-state index contributed by atoms with van der Waals surface area (Å²) in [4.78, 5) is 24.1. The SMILES string of the molecule is CN(C)CCOc1ccc2c(c1)cc(-c1nnn(Cc3cccc(OCc4ccc5ccccc5n4)c3)n1)c(=O)n2CCN(C)C. The van der Waals surface area contributed by atoms with Gasteiger partial charge in [-0.2, -0.15) is 4.80 Å². The van der Waals surface area contributed by atoms with Crippen molar-refractivity contribution in [3.8, 4) is 22.9 Å². The van der Waals surface area contributed by atoms with Gasteiger partial charge in [0.15, 0.2) is 0 Å².